The third-order valence-corrected chi connectivity index (χ3v) is 3.80. The standard InChI is InChI=1S/C16H25ClN2O2/c1-12(2)21-16-13(10-14(17)11-15(16)20-3)4-7-19-8-5-18-6-9-19/h10-12,18H,4-9H2,1-3H3. The van der Waals surface area contributed by atoms with Crippen LogP contribution in [-0.2, 0) is 6.42 Å². The lowest BCUT2D eigenvalue weighted by Gasteiger charge is -2.27. The average molecular weight is 313 g/mol. The van der Waals surface area contributed by atoms with Gasteiger partial charge in [0.25, 0.3) is 0 Å². The van der Waals surface area contributed by atoms with Crippen molar-refractivity contribution in [1.29, 1.82) is 0 Å². The lowest BCUT2D eigenvalue weighted by atomic mass is 10.1. The molecule has 1 N–H and O–H groups in total. The number of methoxy groups -OCH3 is 1. The summed E-state index contributed by atoms with van der Waals surface area (Å²) in [6.07, 6.45) is 1.02. The Morgan fingerprint density at radius 3 is 2.62 bits per heavy atom. The van der Waals surface area contributed by atoms with E-state index in [2.05, 4.69) is 10.2 Å². The van der Waals surface area contributed by atoms with Crippen LogP contribution in [0.1, 0.15) is 19.4 Å². The van der Waals surface area contributed by atoms with E-state index in [1.54, 1.807) is 7.11 Å². The van der Waals surface area contributed by atoms with E-state index >= 15 is 0 Å². The van der Waals surface area contributed by atoms with Crippen molar-refractivity contribution < 1.29 is 9.47 Å². The molecular weight excluding hydrogens is 288 g/mol. The number of ether oxygens (including phenoxy) is 2. The molecule has 1 heterocycles. The van der Waals surface area contributed by atoms with E-state index in [1.165, 1.54) is 0 Å². The minimum Gasteiger partial charge on any atom is -0.493 e. The van der Waals surface area contributed by atoms with Crippen molar-refractivity contribution in [2.45, 2.75) is 26.4 Å². The molecule has 0 spiro atoms. The number of hydrogen-bond donors (Lipinski definition) is 1. The molecule has 4 nitrogen and oxygen atoms in total. The molecular formula is C16H25ClN2O2. The molecule has 2 rings (SSSR count). The maximum atomic E-state index is 6.20. The van der Waals surface area contributed by atoms with Gasteiger partial charge in [0.15, 0.2) is 11.5 Å². The van der Waals surface area contributed by atoms with Gasteiger partial charge in [-0.15, -0.1) is 0 Å². The van der Waals surface area contributed by atoms with Crippen LogP contribution in [0.2, 0.25) is 5.02 Å². The molecule has 1 aliphatic heterocycles. The zero-order chi connectivity index (χ0) is 15.2. The summed E-state index contributed by atoms with van der Waals surface area (Å²) in [6.45, 7) is 9.38. The van der Waals surface area contributed by atoms with Crippen LogP contribution in [0.4, 0.5) is 0 Å². The van der Waals surface area contributed by atoms with Crippen molar-refractivity contribution in [3.8, 4) is 11.5 Å². The predicted octanol–water partition coefficient (Wildman–Crippen LogP) is 2.58. The van der Waals surface area contributed by atoms with Crippen molar-refractivity contribution in [2.24, 2.45) is 0 Å². The number of nitrogens with zero attached hydrogens (tertiary/aromatic N) is 1. The van der Waals surface area contributed by atoms with Crippen LogP contribution < -0.4 is 14.8 Å². The summed E-state index contributed by atoms with van der Waals surface area (Å²) >= 11 is 6.20. The second kappa shape index (κ2) is 7.87. The third-order valence-electron chi connectivity index (χ3n) is 3.58. The smallest absolute Gasteiger partial charge is 0.164 e. The van der Waals surface area contributed by atoms with Gasteiger partial charge in [-0.2, -0.15) is 0 Å². The highest BCUT2D eigenvalue weighted by molar-refractivity contribution is 6.30. The Morgan fingerprint density at radius 2 is 2.00 bits per heavy atom. The third kappa shape index (κ3) is 4.77. The maximum absolute atomic E-state index is 6.20. The van der Waals surface area contributed by atoms with Gasteiger partial charge in [0.2, 0.25) is 0 Å². The minimum absolute atomic E-state index is 0.109. The van der Waals surface area contributed by atoms with Crippen LogP contribution in [0.5, 0.6) is 11.5 Å². The fraction of sp³-hybridized carbons (Fsp3) is 0.625. The molecule has 1 aromatic carbocycles. The van der Waals surface area contributed by atoms with Gasteiger partial charge in [0, 0.05) is 49.4 Å². The maximum Gasteiger partial charge on any atom is 0.164 e. The molecule has 1 fully saturated rings. The van der Waals surface area contributed by atoms with E-state index in [0.717, 1.165) is 50.5 Å². The Hall–Kier alpha value is -0.970. The quantitative estimate of drug-likeness (QED) is 0.875. The second-order valence-corrected chi connectivity index (χ2v) is 6.04. The molecule has 0 aliphatic carbocycles. The molecule has 0 amide bonds. The van der Waals surface area contributed by atoms with Gasteiger partial charge in [-0.25, -0.2) is 0 Å². The van der Waals surface area contributed by atoms with Crippen LogP contribution in [0.25, 0.3) is 0 Å². The first kappa shape index (κ1) is 16.4. The Kier molecular flexibility index (Phi) is 6.15. The summed E-state index contributed by atoms with van der Waals surface area (Å²) in [5.74, 6) is 1.54. The molecule has 21 heavy (non-hydrogen) atoms. The van der Waals surface area contributed by atoms with Crippen LogP contribution in [-0.4, -0.2) is 50.8 Å². The first-order valence-electron chi connectivity index (χ1n) is 7.56. The van der Waals surface area contributed by atoms with E-state index in [0.29, 0.717) is 10.8 Å². The molecule has 0 atom stereocenters. The SMILES string of the molecule is COc1cc(Cl)cc(CCN2CCNCC2)c1OC(C)C. The highest BCUT2D eigenvalue weighted by Gasteiger charge is 2.16. The molecule has 0 radical (unpaired) electrons. The lowest BCUT2D eigenvalue weighted by molar-refractivity contribution is 0.222. The molecule has 5 heteroatoms. The van der Waals surface area contributed by atoms with Crippen LogP contribution in [0.15, 0.2) is 12.1 Å². The van der Waals surface area contributed by atoms with Crippen LogP contribution in [0, 0.1) is 0 Å². The van der Waals surface area contributed by atoms with Gasteiger partial charge in [0.1, 0.15) is 0 Å². The van der Waals surface area contributed by atoms with Crippen molar-refractivity contribution in [3.63, 3.8) is 0 Å². The summed E-state index contributed by atoms with van der Waals surface area (Å²) in [4.78, 5) is 2.46. The number of hydrogen-bond acceptors (Lipinski definition) is 4. The lowest BCUT2D eigenvalue weighted by Crippen LogP contribution is -2.44. The summed E-state index contributed by atoms with van der Waals surface area (Å²) in [6, 6.07) is 3.80. The van der Waals surface area contributed by atoms with E-state index in [4.69, 9.17) is 21.1 Å². The normalized spacial score (nSPS) is 16.2. The zero-order valence-electron chi connectivity index (χ0n) is 13.1. The van der Waals surface area contributed by atoms with Gasteiger partial charge in [-0.05, 0) is 26.3 Å². The number of rotatable bonds is 6. The van der Waals surface area contributed by atoms with E-state index in [1.807, 2.05) is 26.0 Å². The summed E-state index contributed by atoms with van der Waals surface area (Å²) in [5.41, 5.74) is 1.12. The van der Waals surface area contributed by atoms with Gasteiger partial charge in [-0.3, -0.25) is 0 Å². The molecule has 0 aromatic heterocycles. The van der Waals surface area contributed by atoms with Gasteiger partial charge >= 0.3 is 0 Å². The zero-order valence-corrected chi connectivity index (χ0v) is 13.9. The van der Waals surface area contributed by atoms with Crippen LogP contribution >= 0.6 is 11.6 Å². The predicted molar refractivity (Wildman–Crippen MR) is 86.8 cm³/mol. The van der Waals surface area contributed by atoms with Crippen molar-refractivity contribution in [1.82, 2.24) is 10.2 Å². The molecule has 0 unspecified atom stereocenters. The Morgan fingerprint density at radius 1 is 1.29 bits per heavy atom. The first-order valence-corrected chi connectivity index (χ1v) is 7.94. The van der Waals surface area contributed by atoms with E-state index in [9.17, 15) is 0 Å². The number of halogens is 1. The minimum atomic E-state index is 0.109. The molecule has 1 aromatic rings. The topological polar surface area (TPSA) is 33.7 Å². The molecule has 0 saturated carbocycles. The van der Waals surface area contributed by atoms with Gasteiger partial charge in [0.05, 0.1) is 13.2 Å². The van der Waals surface area contributed by atoms with Gasteiger partial charge in [-0.1, -0.05) is 11.6 Å². The molecule has 1 saturated heterocycles. The largest absolute Gasteiger partial charge is 0.493 e. The summed E-state index contributed by atoms with van der Waals surface area (Å²) < 4.78 is 11.4. The second-order valence-electron chi connectivity index (χ2n) is 5.60. The fourth-order valence-electron chi connectivity index (χ4n) is 2.54. The molecule has 0 bridgehead atoms. The number of benzene rings is 1. The number of piperazine rings is 1. The summed E-state index contributed by atoms with van der Waals surface area (Å²) in [7, 11) is 1.65. The van der Waals surface area contributed by atoms with Gasteiger partial charge < -0.3 is 19.7 Å². The average Bonchev–Trinajstić information content (AvgIpc) is 2.47. The molecule has 118 valence electrons. The fourth-order valence-corrected chi connectivity index (χ4v) is 2.77. The van der Waals surface area contributed by atoms with Crippen molar-refractivity contribution in [3.05, 3.63) is 22.7 Å². The Labute approximate surface area is 132 Å². The Balaban J connectivity index is 2.13. The van der Waals surface area contributed by atoms with Crippen LogP contribution in [0.3, 0.4) is 0 Å². The van der Waals surface area contributed by atoms with E-state index in [-0.39, 0.29) is 6.10 Å². The first-order chi connectivity index (χ1) is 10.1. The van der Waals surface area contributed by atoms with Crippen molar-refractivity contribution >= 4 is 11.6 Å². The van der Waals surface area contributed by atoms with E-state index < -0.39 is 0 Å². The van der Waals surface area contributed by atoms with Crippen molar-refractivity contribution in [2.75, 3.05) is 39.8 Å². The molecule has 1 aliphatic rings. The highest BCUT2D eigenvalue weighted by Crippen LogP contribution is 2.35. The Bertz CT molecular complexity index is 460. The monoisotopic (exact) mass is 312 g/mol. The highest BCUT2D eigenvalue weighted by atomic mass is 35.5. The summed E-state index contributed by atoms with van der Waals surface area (Å²) in [5, 5.41) is 4.06. The number of nitrogens with one attached hydrogen (secondary N) is 1.